The molecule has 0 amide bonds. The van der Waals surface area contributed by atoms with Gasteiger partial charge in [-0.1, -0.05) is 128 Å². The number of rotatable bonds is 27. The van der Waals surface area contributed by atoms with Gasteiger partial charge >= 0.3 is 23.9 Å². The summed E-state index contributed by atoms with van der Waals surface area (Å²) in [5.74, 6) is -1.27. The van der Waals surface area contributed by atoms with E-state index in [1.807, 2.05) is 13.1 Å². The average Bonchev–Trinajstić information content (AvgIpc) is 3.16. The van der Waals surface area contributed by atoms with Gasteiger partial charge in [0.1, 0.15) is 0 Å². The summed E-state index contributed by atoms with van der Waals surface area (Å²) in [6.45, 7) is 60.7. The first-order chi connectivity index (χ1) is 30.0. The smallest absolute Gasteiger partial charge is 0.333 e. The summed E-state index contributed by atoms with van der Waals surface area (Å²) in [7, 11) is -5.76. The molecule has 0 aromatic heterocycles. The molecule has 17 heteroatoms. The maximum atomic E-state index is 11.5. The number of aliphatic hydroxyl groups excluding tert-OH is 1. The van der Waals surface area contributed by atoms with Crippen molar-refractivity contribution in [3.63, 3.8) is 0 Å². The van der Waals surface area contributed by atoms with E-state index in [1.165, 1.54) is 6.04 Å². The van der Waals surface area contributed by atoms with E-state index in [4.69, 9.17) is 28.5 Å². The topological polar surface area (TPSA) is 155 Å². The maximum absolute atomic E-state index is 11.5. The molecular weight excluding hydrogens is 1110 g/mol. The van der Waals surface area contributed by atoms with E-state index in [-0.39, 0.29) is 129 Å². The molecule has 0 saturated heterocycles. The minimum absolute atomic E-state index is 0. The zero-order chi connectivity index (χ0) is 53.8. The van der Waals surface area contributed by atoms with Crippen molar-refractivity contribution in [2.45, 2.75) is 225 Å². The van der Waals surface area contributed by atoms with E-state index in [9.17, 15) is 24.0 Å². The Morgan fingerprint density at radius 3 is 1.13 bits per heavy atom. The maximum Gasteiger partial charge on any atom is 0.333 e. The van der Waals surface area contributed by atoms with Crippen molar-refractivity contribution in [2.75, 3.05) is 33.0 Å². The van der Waals surface area contributed by atoms with Gasteiger partial charge in [-0.2, -0.15) is 0 Å². The molecule has 0 spiro atoms. The molecule has 11 nitrogen and oxygen atoms in total. The van der Waals surface area contributed by atoms with Crippen molar-refractivity contribution in [1.29, 1.82) is 0 Å². The average molecular weight is 1230 g/mol. The molecule has 0 unspecified atom stereocenters. The number of hydrogen-bond donors (Lipinski definition) is 2. The van der Waals surface area contributed by atoms with E-state index in [1.54, 1.807) is 27.7 Å². The zero-order valence-electron chi connectivity index (χ0n) is 48.2. The third-order valence-electron chi connectivity index (χ3n) is 12.6. The molecule has 0 fully saturated rings. The molecular formula is C54H111O11Si4Y2. The SMILES string of the molecule is C.C.C=C(C)C(=O)OCCC[Si](C)(C)O.C=C(C)C(=O)OCCC[Si](C)(C)OC(C)(C)[Si](C)(C)CCCOC(=O)C(=C)C.C=C(C)C(=O)OCCC[Si](C)C.CC(C)(C)C(C)(C)C(C)(C)CCCO.[Y].[Y]. The second-order valence-corrected chi connectivity index (χ2v) is 39.7. The Hall–Kier alpha value is -0.205. The second-order valence-electron chi connectivity index (χ2n) is 22.9. The van der Waals surface area contributed by atoms with Crippen LogP contribution in [-0.2, 0) is 108 Å². The van der Waals surface area contributed by atoms with Crippen molar-refractivity contribution in [3.05, 3.63) is 48.6 Å². The van der Waals surface area contributed by atoms with Gasteiger partial charge < -0.3 is 33.3 Å². The van der Waals surface area contributed by atoms with Crippen LogP contribution < -0.4 is 0 Å². The third kappa shape index (κ3) is 44.6. The predicted molar refractivity (Wildman–Crippen MR) is 305 cm³/mol. The molecule has 0 aliphatic rings. The van der Waals surface area contributed by atoms with Gasteiger partial charge in [-0.15, -0.1) is 0 Å². The summed E-state index contributed by atoms with van der Waals surface area (Å²) >= 11 is 0. The van der Waals surface area contributed by atoms with Gasteiger partial charge in [-0.25, -0.2) is 19.2 Å². The Morgan fingerprint density at radius 2 is 0.845 bits per heavy atom. The normalized spacial score (nSPS) is 11.5. The van der Waals surface area contributed by atoms with Crippen molar-refractivity contribution in [1.82, 2.24) is 0 Å². The van der Waals surface area contributed by atoms with E-state index >= 15 is 0 Å². The van der Waals surface area contributed by atoms with Crippen LogP contribution in [0.1, 0.15) is 143 Å². The standard InChI is InChI=1S/C21H40O5Si2.C13H28O.C9H18O3Si.C9H17O2Si.2CH4.2Y/c1-17(2)19(22)24-13-11-15-27(7,8)21(5,6)26-28(9,10)16-12-14-25-20(23)18(3)4;1-11(2,3)13(6,7)12(4,5)9-8-10-14;1-8(2)9(10)12-6-5-7-13(3,4)11;1-8(2)9(10)11-6-5-7-12(3)4;;;;/h1,3,11-16H2,2,4-10H3;14H,8-10H2,1-7H3;11H,1,5-7H2,2-4H3;1,5-7H2,2-4H3;2*1H4;;. The summed E-state index contributed by atoms with van der Waals surface area (Å²) < 4.78 is 26.9. The summed E-state index contributed by atoms with van der Waals surface area (Å²) in [5, 5.41) is 8.71. The minimum atomic E-state index is -1.97. The summed E-state index contributed by atoms with van der Waals surface area (Å²) in [5.41, 5.74) is 2.60. The molecule has 0 aromatic rings. The van der Waals surface area contributed by atoms with Gasteiger partial charge in [0.25, 0.3) is 0 Å². The van der Waals surface area contributed by atoms with Crippen LogP contribution in [0.15, 0.2) is 48.6 Å². The largest absolute Gasteiger partial charge is 0.462 e. The van der Waals surface area contributed by atoms with Gasteiger partial charge in [0.05, 0.1) is 34.5 Å². The van der Waals surface area contributed by atoms with Crippen molar-refractivity contribution < 1.29 is 118 Å². The van der Waals surface area contributed by atoms with Crippen LogP contribution in [0.3, 0.4) is 0 Å². The monoisotopic (exact) mass is 1230 g/mol. The Bertz CT molecular complexity index is 1550. The van der Waals surface area contributed by atoms with Crippen molar-refractivity contribution in [3.8, 4) is 0 Å². The molecule has 2 N–H and O–H groups in total. The number of ether oxygens (including phenoxy) is 4. The van der Waals surface area contributed by atoms with Gasteiger partial charge in [0.15, 0.2) is 16.6 Å². The predicted octanol–water partition coefficient (Wildman–Crippen LogP) is 14.3. The van der Waals surface area contributed by atoms with Crippen molar-refractivity contribution in [2.24, 2.45) is 16.2 Å². The van der Waals surface area contributed by atoms with Crippen LogP contribution >= 0.6 is 0 Å². The number of esters is 4. The van der Waals surface area contributed by atoms with Crippen LogP contribution in [0.2, 0.25) is 76.6 Å². The van der Waals surface area contributed by atoms with Gasteiger partial charge in [0, 0.05) is 108 Å². The number of carbonyl (C=O) groups is 4. The Kier molecular flexibility index (Phi) is 51.6. The molecule has 3 radical (unpaired) electrons. The summed E-state index contributed by atoms with van der Waals surface area (Å²) in [4.78, 5) is 54.2. The van der Waals surface area contributed by atoms with Crippen LogP contribution in [0.5, 0.6) is 0 Å². The van der Waals surface area contributed by atoms with Crippen LogP contribution in [0.25, 0.3) is 0 Å². The van der Waals surface area contributed by atoms with Gasteiger partial charge in [-0.3, -0.25) is 0 Å². The molecule has 0 aliphatic heterocycles. The fraction of sp³-hybridized carbons (Fsp3) is 0.778. The fourth-order valence-electron chi connectivity index (χ4n) is 6.12. The number of hydrogen-bond acceptors (Lipinski definition) is 11. The molecule has 0 atom stereocenters. The summed E-state index contributed by atoms with van der Waals surface area (Å²) in [6, 6.07) is 3.91. The molecule has 0 aromatic carbocycles. The van der Waals surface area contributed by atoms with Gasteiger partial charge in [0.2, 0.25) is 0 Å². The number of aliphatic hydroxyl groups is 1. The molecule has 0 heterocycles. The zero-order valence-corrected chi connectivity index (χ0v) is 57.8. The van der Waals surface area contributed by atoms with Gasteiger partial charge in [-0.05, 0) is 135 Å². The molecule has 71 heavy (non-hydrogen) atoms. The first-order valence-electron chi connectivity index (χ1n) is 24.2. The number of carbonyl (C=O) groups excluding carboxylic acids is 4. The quantitative estimate of drug-likeness (QED) is 0.0265. The molecule has 0 rings (SSSR count). The van der Waals surface area contributed by atoms with Crippen LogP contribution in [0, 0.1) is 16.2 Å². The van der Waals surface area contributed by atoms with Crippen molar-refractivity contribution >= 4 is 57.4 Å². The van der Waals surface area contributed by atoms with Crippen LogP contribution in [0.4, 0.5) is 0 Å². The Morgan fingerprint density at radius 1 is 0.535 bits per heavy atom. The molecule has 0 aliphatic carbocycles. The fourth-order valence-corrected chi connectivity index (χ4v) is 14.0. The Balaban J connectivity index is -0.000000131. The Labute approximate surface area is 493 Å². The molecule has 0 saturated carbocycles. The molecule has 0 bridgehead atoms. The third-order valence-corrected chi connectivity index (χ3v) is 23.4. The first-order valence-corrected chi connectivity index (χ1v) is 36.4. The van der Waals surface area contributed by atoms with E-state index in [0.29, 0.717) is 60.7 Å². The minimum Gasteiger partial charge on any atom is -0.462 e. The molecule has 415 valence electrons. The van der Waals surface area contributed by atoms with E-state index < -0.39 is 24.7 Å². The van der Waals surface area contributed by atoms with Crippen LogP contribution in [-0.4, -0.2) is 106 Å². The van der Waals surface area contributed by atoms with E-state index in [2.05, 4.69) is 128 Å². The summed E-state index contributed by atoms with van der Waals surface area (Å²) in [6.07, 6.45) is 5.35. The second kappa shape index (κ2) is 41.9. The first kappa shape index (κ1) is 87.5. The van der Waals surface area contributed by atoms with E-state index in [0.717, 1.165) is 56.7 Å².